The molecule has 0 spiro atoms. The standard InChI is InChI=1S/C12H22N2O4.C11H16O2.2ClH/c1-11(15)17-9-7-13-3-5-14(6-4-13)8-10-18-12(2)16;1-8(2)9-5-6-10(12-3)11(7-9)13-4;;/h3-10H2,1-2H3;5-8H,1-4H3;2*1H. The first-order chi connectivity index (χ1) is 14.8. The van der Waals surface area contributed by atoms with E-state index in [1.54, 1.807) is 14.2 Å². The highest BCUT2D eigenvalue weighted by Crippen LogP contribution is 2.30. The van der Waals surface area contributed by atoms with Crippen LogP contribution in [0.1, 0.15) is 39.2 Å². The van der Waals surface area contributed by atoms with Crippen molar-refractivity contribution in [2.45, 2.75) is 33.6 Å². The molecule has 0 aliphatic carbocycles. The number of rotatable bonds is 9. The molecule has 1 aromatic rings. The fourth-order valence-corrected chi connectivity index (χ4v) is 3.09. The second-order valence-corrected chi connectivity index (χ2v) is 7.63. The molecular weight excluding hydrogens is 471 g/mol. The monoisotopic (exact) mass is 510 g/mol. The van der Waals surface area contributed by atoms with Crippen LogP contribution in [0.3, 0.4) is 0 Å². The van der Waals surface area contributed by atoms with Crippen LogP contribution in [0.4, 0.5) is 0 Å². The van der Waals surface area contributed by atoms with Gasteiger partial charge in [-0.25, -0.2) is 0 Å². The molecule has 192 valence electrons. The maximum atomic E-state index is 10.6. The number of ether oxygens (including phenoxy) is 4. The molecule has 8 nitrogen and oxygen atoms in total. The van der Waals surface area contributed by atoms with Gasteiger partial charge in [0.15, 0.2) is 11.5 Å². The Morgan fingerprint density at radius 3 is 1.58 bits per heavy atom. The zero-order valence-electron chi connectivity index (χ0n) is 20.6. The van der Waals surface area contributed by atoms with Gasteiger partial charge in [0, 0.05) is 53.1 Å². The summed E-state index contributed by atoms with van der Waals surface area (Å²) in [6, 6.07) is 6.02. The third-order valence-corrected chi connectivity index (χ3v) is 4.96. The third kappa shape index (κ3) is 14.2. The fourth-order valence-electron chi connectivity index (χ4n) is 3.09. The van der Waals surface area contributed by atoms with E-state index in [4.69, 9.17) is 18.9 Å². The van der Waals surface area contributed by atoms with Crippen molar-refractivity contribution >= 4 is 36.8 Å². The van der Waals surface area contributed by atoms with Crippen LogP contribution < -0.4 is 9.47 Å². The van der Waals surface area contributed by atoms with E-state index in [1.807, 2.05) is 12.1 Å². The number of benzene rings is 1. The summed E-state index contributed by atoms with van der Waals surface area (Å²) in [7, 11) is 3.30. The topological polar surface area (TPSA) is 77.5 Å². The second kappa shape index (κ2) is 18.7. The highest BCUT2D eigenvalue weighted by Gasteiger charge is 2.16. The van der Waals surface area contributed by atoms with Crippen LogP contribution >= 0.6 is 24.8 Å². The Morgan fingerprint density at radius 2 is 1.24 bits per heavy atom. The van der Waals surface area contributed by atoms with Gasteiger partial charge in [0.25, 0.3) is 0 Å². The Hall–Kier alpha value is -1.74. The minimum Gasteiger partial charge on any atom is -0.493 e. The van der Waals surface area contributed by atoms with E-state index in [0.717, 1.165) is 50.8 Å². The Kier molecular flexibility index (Phi) is 18.9. The Morgan fingerprint density at radius 1 is 0.818 bits per heavy atom. The number of hydrogen-bond acceptors (Lipinski definition) is 8. The van der Waals surface area contributed by atoms with E-state index >= 15 is 0 Å². The van der Waals surface area contributed by atoms with Crippen LogP contribution in [0.15, 0.2) is 18.2 Å². The van der Waals surface area contributed by atoms with Crippen LogP contribution in [-0.4, -0.2) is 88.4 Å². The zero-order chi connectivity index (χ0) is 23.2. The van der Waals surface area contributed by atoms with Gasteiger partial charge in [-0.15, -0.1) is 24.8 Å². The predicted octanol–water partition coefficient (Wildman–Crippen LogP) is 3.40. The lowest BCUT2D eigenvalue weighted by molar-refractivity contribution is -0.142. The molecule has 10 heteroatoms. The molecule has 1 saturated heterocycles. The van der Waals surface area contributed by atoms with Crippen molar-refractivity contribution in [2.75, 3.05) is 66.7 Å². The van der Waals surface area contributed by atoms with Crippen molar-refractivity contribution in [3.63, 3.8) is 0 Å². The number of esters is 2. The molecule has 1 aromatic carbocycles. The summed E-state index contributed by atoms with van der Waals surface area (Å²) in [4.78, 5) is 25.8. The van der Waals surface area contributed by atoms with Gasteiger partial charge in [0.1, 0.15) is 13.2 Å². The van der Waals surface area contributed by atoms with Gasteiger partial charge in [-0.05, 0) is 23.6 Å². The highest BCUT2D eigenvalue weighted by molar-refractivity contribution is 5.85. The second-order valence-electron chi connectivity index (χ2n) is 7.63. The minimum atomic E-state index is -0.227. The summed E-state index contributed by atoms with van der Waals surface area (Å²) in [5.41, 5.74) is 1.26. The molecule has 0 saturated carbocycles. The molecule has 0 unspecified atom stereocenters. The Balaban J connectivity index is 0. The molecule has 1 heterocycles. The van der Waals surface area contributed by atoms with Crippen molar-refractivity contribution in [3.8, 4) is 11.5 Å². The van der Waals surface area contributed by atoms with Crippen LogP contribution in [0.25, 0.3) is 0 Å². The van der Waals surface area contributed by atoms with Crippen LogP contribution in [0.2, 0.25) is 0 Å². The molecule has 33 heavy (non-hydrogen) atoms. The predicted molar refractivity (Wildman–Crippen MR) is 134 cm³/mol. The van der Waals surface area contributed by atoms with Crippen molar-refractivity contribution in [1.29, 1.82) is 0 Å². The smallest absolute Gasteiger partial charge is 0.302 e. The lowest BCUT2D eigenvalue weighted by atomic mass is 10.0. The van der Waals surface area contributed by atoms with Gasteiger partial charge in [-0.2, -0.15) is 0 Å². The quantitative estimate of drug-likeness (QED) is 0.467. The van der Waals surface area contributed by atoms with Crippen LogP contribution in [0, 0.1) is 0 Å². The Labute approximate surface area is 210 Å². The molecule has 0 radical (unpaired) electrons. The normalized spacial score (nSPS) is 13.5. The molecule has 0 aromatic heterocycles. The highest BCUT2D eigenvalue weighted by atomic mass is 35.5. The molecule has 0 N–H and O–H groups in total. The molecule has 0 amide bonds. The van der Waals surface area contributed by atoms with Gasteiger partial charge in [-0.3, -0.25) is 19.4 Å². The maximum Gasteiger partial charge on any atom is 0.302 e. The molecule has 1 aliphatic rings. The summed E-state index contributed by atoms with van der Waals surface area (Å²) in [6.07, 6.45) is 0. The number of carbonyl (C=O) groups is 2. The summed E-state index contributed by atoms with van der Waals surface area (Å²) in [5.74, 6) is 1.64. The Bertz CT molecular complexity index is 655. The number of halogens is 2. The summed E-state index contributed by atoms with van der Waals surface area (Å²) in [5, 5.41) is 0. The number of carbonyl (C=O) groups excluding carboxylic acids is 2. The van der Waals surface area contributed by atoms with E-state index in [2.05, 4.69) is 29.7 Å². The van der Waals surface area contributed by atoms with Gasteiger partial charge in [0.05, 0.1) is 14.2 Å². The van der Waals surface area contributed by atoms with E-state index in [1.165, 1.54) is 19.4 Å². The summed E-state index contributed by atoms with van der Waals surface area (Å²) in [6.45, 7) is 13.5. The van der Waals surface area contributed by atoms with Gasteiger partial charge >= 0.3 is 11.9 Å². The van der Waals surface area contributed by atoms with Crippen LogP contribution in [0.5, 0.6) is 11.5 Å². The molecule has 0 atom stereocenters. The van der Waals surface area contributed by atoms with Gasteiger partial charge < -0.3 is 18.9 Å². The summed E-state index contributed by atoms with van der Waals surface area (Å²) >= 11 is 0. The molecule has 1 aliphatic heterocycles. The van der Waals surface area contributed by atoms with Gasteiger partial charge in [0.2, 0.25) is 0 Å². The molecular formula is C23H40Cl2N2O6. The number of nitrogens with zero attached hydrogens (tertiary/aromatic N) is 2. The minimum absolute atomic E-state index is 0. The SMILES string of the molecule is CC(=O)OCCN1CCN(CCOC(C)=O)CC1.COc1ccc(C(C)C)cc1OC.Cl.Cl. The largest absolute Gasteiger partial charge is 0.493 e. The maximum absolute atomic E-state index is 10.6. The lowest BCUT2D eigenvalue weighted by Gasteiger charge is -2.34. The van der Waals surface area contributed by atoms with E-state index in [0.29, 0.717) is 19.1 Å². The van der Waals surface area contributed by atoms with E-state index in [9.17, 15) is 9.59 Å². The first-order valence-corrected chi connectivity index (χ1v) is 10.7. The third-order valence-electron chi connectivity index (χ3n) is 4.96. The average molecular weight is 511 g/mol. The van der Waals surface area contributed by atoms with Crippen molar-refractivity contribution in [1.82, 2.24) is 9.80 Å². The van der Waals surface area contributed by atoms with Crippen molar-refractivity contribution < 1.29 is 28.5 Å². The summed E-state index contributed by atoms with van der Waals surface area (Å²) < 4.78 is 20.2. The van der Waals surface area contributed by atoms with E-state index < -0.39 is 0 Å². The zero-order valence-corrected chi connectivity index (χ0v) is 22.3. The van der Waals surface area contributed by atoms with Crippen molar-refractivity contribution in [2.24, 2.45) is 0 Å². The number of methoxy groups -OCH3 is 2. The first kappa shape index (κ1) is 33.4. The van der Waals surface area contributed by atoms with E-state index in [-0.39, 0.29) is 36.8 Å². The average Bonchev–Trinajstić information content (AvgIpc) is 2.74. The number of hydrogen-bond donors (Lipinski definition) is 0. The molecule has 2 rings (SSSR count). The fraction of sp³-hybridized carbons (Fsp3) is 0.652. The molecule has 0 bridgehead atoms. The van der Waals surface area contributed by atoms with Crippen LogP contribution in [-0.2, 0) is 19.1 Å². The van der Waals surface area contributed by atoms with Crippen molar-refractivity contribution in [3.05, 3.63) is 23.8 Å². The lowest BCUT2D eigenvalue weighted by Crippen LogP contribution is -2.48. The number of piperazine rings is 1. The first-order valence-electron chi connectivity index (χ1n) is 10.7. The van der Waals surface area contributed by atoms with Gasteiger partial charge in [-0.1, -0.05) is 19.9 Å². The molecule has 1 fully saturated rings.